The van der Waals surface area contributed by atoms with Gasteiger partial charge in [-0.2, -0.15) is 0 Å². The molecule has 0 heterocycles. The number of unbranched alkanes of at least 4 members (excludes halogenated alkanes) is 33. The maximum Gasteiger partial charge on any atom is 0.306 e. The van der Waals surface area contributed by atoms with Crippen LogP contribution >= 0.6 is 0 Å². The van der Waals surface area contributed by atoms with E-state index >= 15 is 0 Å². The Hall–Kier alpha value is -1.59. The Bertz CT molecular complexity index is 933. The van der Waals surface area contributed by atoms with E-state index < -0.39 is 6.10 Å². The maximum atomic E-state index is 12.8. The highest BCUT2D eigenvalue weighted by atomic mass is 16.6. The van der Waals surface area contributed by atoms with E-state index in [1.165, 1.54) is 193 Å². The van der Waals surface area contributed by atoms with Crippen LogP contribution in [0.4, 0.5) is 0 Å². The first-order chi connectivity index (χ1) is 29.8. The number of hydrogen-bond acceptors (Lipinski definition) is 6. The third-order valence-corrected chi connectivity index (χ3v) is 12.8. The van der Waals surface area contributed by atoms with Crippen molar-refractivity contribution in [3.8, 4) is 0 Å². The Morgan fingerprint density at radius 3 is 0.934 bits per heavy atom. The molecule has 0 aromatic carbocycles. The van der Waals surface area contributed by atoms with Gasteiger partial charge in [0.05, 0.1) is 0 Å². The fourth-order valence-corrected chi connectivity index (χ4v) is 8.31. The number of hydrogen-bond donors (Lipinski definition) is 0. The molecule has 0 rings (SSSR count). The molecule has 0 amide bonds. The number of rotatable bonds is 49. The van der Waals surface area contributed by atoms with Crippen LogP contribution in [0.15, 0.2) is 0 Å². The molecule has 0 aromatic rings. The van der Waals surface area contributed by atoms with Crippen molar-refractivity contribution in [3.63, 3.8) is 0 Å². The van der Waals surface area contributed by atoms with E-state index in [4.69, 9.17) is 14.2 Å². The van der Waals surface area contributed by atoms with E-state index in [-0.39, 0.29) is 31.1 Å². The van der Waals surface area contributed by atoms with Crippen LogP contribution in [0.5, 0.6) is 0 Å². The SMILES string of the molecule is CCCCCCCCCCCCCCCCCCCCCC(=O)OC[C@H](COC(=O)CCCCCCCCCCCCCC(C)C)OC(=O)CCCCCCCCC(C)CC. The van der Waals surface area contributed by atoms with E-state index in [0.717, 1.165) is 69.6 Å². The third kappa shape index (κ3) is 47.7. The second kappa shape index (κ2) is 47.9. The quantitative estimate of drug-likeness (QED) is 0.0344. The number of esters is 3. The van der Waals surface area contributed by atoms with Crippen LogP contribution in [0.25, 0.3) is 0 Å². The zero-order valence-electron chi connectivity index (χ0n) is 41.8. The molecular weight excluding hydrogens is 757 g/mol. The van der Waals surface area contributed by atoms with Gasteiger partial charge in [0.15, 0.2) is 6.10 Å². The van der Waals surface area contributed by atoms with E-state index in [0.29, 0.717) is 19.3 Å². The standard InChI is InChI=1S/C55H106O6/c1-6-8-9-10-11-12-13-14-15-16-17-18-19-20-23-26-29-35-40-45-53(56)59-48-52(61-55(58)47-42-37-32-31-34-39-44-51(5)7-2)49-60-54(57)46-41-36-30-27-24-21-22-25-28-33-38-43-50(3)4/h50-52H,6-49H2,1-5H3/t51?,52-/m1/s1. The Kier molecular flexibility index (Phi) is 46.6. The summed E-state index contributed by atoms with van der Waals surface area (Å²) in [5.41, 5.74) is 0. The molecule has 0 aliphatic carbocycles. The van der Waals surface area contributed by atoms with E-state index in [2.05, 4.69) is 34.6 Å². The predicted molar refractivity (Wildman–Crippen MR) is 261 cm³/mol. The Balaban J connectivity index is 4.23. The molecule has 0 radical (unpaired) electrons. The Morgan fingerprint density at radius 1 is 0.344 bits per heavy atom. The van der Waals surface area contributed by atoms with Crippen molar-refractivity contribution in [1.29, 1.82) is 0 Å². The molecule has 0 aliphatic heterocycles. The van der Waals surface area contributed by atoms with Gasteiger partial charge in [-0.15, -0.1) is 0 Å². The topological polar surface area (TPSA) is 78.9 Å². The molecule has 0 aromatic heterocycles. The van der Waals surface area contributed by atoms with Crippen LogP contribution in [0.3, 0.4) is 0 Å². The van der Waals surface area contributed by atoms with E-state index in [1.807, 2.05) is 0 Å². The summed E-state index contributed by atoms with van der Waals surface area (Å²) in [5, 5.41) is 0. The third-order valence-electron chi connectivity index (χ3n) is 12.8. The summed E-state index contributed by atoms with van der Waals surface area (Å²) >= 11 is 0. The van der Waals surface area contributed by atoms with Crippen LogP contribution < -0.4 is 0 Å². The molecule has 0 spiro atoms. The normalized spacial score (nSPS) is 12.5. The van der Waals surface area contributed by atoms with Crippen molar-refractivity contribution >= 4 is 17.9 Å². The highest BCUT2D eigenvalue weighted by Crippen LogP contribution is 2.18. The summed E-state index contributed by atoms with van der Waals surface area (Å²) in [5.74, 6) is 0.787. The van der Waals surface area contributed by atoms with Crippen molar-refractivity contribution in [1.82, 2.24) is 0 Å². The number of carbonyl (C=O) groups is 3. The van der Waals surface area contributed by atoms with E-state index in [1.54, 1.807) is 0 Å². The lowest BCUT2D eigenvalue weighted by Gasteiger charge is -2.18. The molecule has 6 heteroatoms. The summed E-state index contributed by atoms with van der Waals surface area (Å²) in [6.45, 7) is 11.4. The number of carbonyl (C=O) groups excluding carboxylic acids is 3. The van der Waals surface area contributed by atoms with Crippen LogP contribution in [0.2, 0.25) is 0 Å². The summed E-state index contributed by atoms with van der Waals surface area (Å²) < 4.78 is 16.8. The Labute approximate surface area is 380 Å². The first-order valence-corrected chi connectivity index (χ1v) is 27.3. The molecule has 2 atom stereocenters. The molecule has 0 N–H and O–H groups in total. The average Bonchev–Trinajstić information content (AvgIpc) is 3.24. The van der Waals surface area contributed by atoms with Gasteiger partial charge in [-0.3, -0.25) is 14.4 Å². The molecule has 0 fully saturated rings. The van der Waals surface area contributed by atoms with E-state index in [9.17, 15) is 14.4 Å². The molecule has 362 valence electrons. The minimum atomic E-state index is -0.763. The average molecular weight is 863 g/mol. The van der Waals surface area contributed by atoms with Crippen molar-refractivity contribution in [2.24, 2.45) is 11.8 Å². The second-order valence-corrected chi connectivity index (χ2v) is 19.6. The second-order valence-electron chi connectivity index (χ2n) is 19.6. The maximum absolute atomic E-state index is 12.8. The monoisotopic (exact) mass is 863 g/mol. The first kappa shape index (κ1) is 59.4. The molecule has 0 saturated carbocycles. The first-order valence-electron chi connectivity index (χ1n) is 27.3. The van der Waals surface area contributed by atoms with Crippen LogP contribution in [0.1, 0.15) is 304 Å². The lowest BCUT2D eigenvalue weighted by atomic mass is 10.00. The highest BCUT2D eigenvalue weighted by Gasteiger charge is 2.19. The minimum Gasteiger partial charge on any atom is -0.462 e. The predicted octanol–water partition coefficient (Wildman–Crippen LogP) is 17.7. The van der Waals surface area contributed by atoms with Gasteiger partial charge in [-0.05, 0) is 31.1 Å². The highest BCUT2D eigenvalue weighted by molar-refractivity contribution is 5.71. The van der Waals surface area contributed by atoms with Crippen molar-refractivity contribution in [3.05, 3.63) is 0 Å². The minimum absolute atomic E-state index is 0.0644. The molecule has 0 aliphatic rings. The fourth-order valence-electron chi connectivity index (χ4n) is 8.31. The summed E-state index contributed by atoms with van der Waals surface area (Å²) in [6.07, 6.45) is 49.6. The van der Waals surface area contributed by atoms with Gasteiger partial charge < -0.3 is 14.2 Å². The van der Waals surface area contributed by atoms with Crippen molar-refractivity contribution in [2.75, 3.05) is 13.2 Å². The largest absolute Gasteiger partial charge is 0.462 e. The lowest BCUT2D eigenvalue weighted by molar-refractivity contribution is -0.167. The summed E-state index contributed by atoms with van der Waals surface area (Å²) in [4.78, 5) is 38.0. The molecule has 61 heavy (non-hydrogen) atoms. The van der Waals surface area contributed by atoms with Crippen LogP contribution in [0, 0.1) is 11.8 Å². The molecule has 0 saturated heterocycles. The molecule has 6 nitrogen and oxygen atoms in total. The zero-order chi connectivity index (χ0) is 44.7. The smallest absolute Gasteiger partial charge is 0.306 e. The van der Waals surface area contributed by atoms with Crippen molar-refractivity contribution < 1.29 is 28.6 Å². The van der Waals surface area contributed by atoms with Crippen LogP contribution in [-0.2, 0) is 28.6 Å². The van der Waals surface area contributed by atoms with Gasteiger partial charge in [-0.1, -0.05) is 266 Å². The van der Waals surface area contributed by atoms with Gasteiger partial charge in [-0.25, -0.2) is 0 Å². The Morgan fingerprint density at radius 2 is 0.623 bits per heavy atom. The van der Waals surface area contributed by atoms with Gasteiger partial charge in [0.1, 0.15) is 13.2 Å². The van der Waals surface area contributed by atoms with Crippen molar-refractivity contribution in [2.45, 2.75) is 310 Å². The van der Waals surface area contributed by atoms with Gasteiger partial charge >= 0.3 is 17.9 Å². The molecule has 0 bridgehead atoms. The van der Waals surface area contributed by atoms with Gasteiger partial charge in [0.2, 0.25) is 0 Å². The lowest BCUT2D eigenvalue weighted by Crippen LogP contribution is -2.30. The van der Waals surface area contributed by atoms with Gasteiger partial charge in [0, 0.05) is 19.3 Å². The molecular formula is C55H106O6. The summed E-state index contributed by atoms with van der Waals surface area (Å²) in [6, 6.07) is 0. The number of ether oxygens (including phenoxy) is 3. The zero-order valence-corrected chi connectivity index (χ0v) is 41.8. The fraction of sp³-hybridized carbons (Fsp3) is 0.945. The molecule has 1 unspecified atom stereocenters. The summed E-state index contributed by atoms with van der Waals surface area (Å²) in [7, 11) is 0. The van der Waals surface area contributed by atoms with Gasteiger partial charge in [0.25, 0.3) is 0 Å². The van der Waals surface area contributed by atoms with Crippen LogP contribution in [-0.4, -0.2) is 37.2 Å².